The van der Waals surface area contributed by atoms with Crippen molar-refractivity contribution in [3.8, 4) is 5.69 Å². The van der Waals surface area contributed by atoms with E-state index in [4.69, 9.17) is 10.7 Å². The summed E-state index contributed by atoms with van der Waals surface area (Å²) < 4.78 is 1.75. The predicted octanol–water partition coefficient (Wildman–Crippen LogP) is 3.96. The summed E-state index contributed by atoms with van der Waals surface area (Å²) >= 11 is 0. The molecule has 4 N–H and O–H groups in total. The van der Waals surface area contributed by atoms with Gasteiger partial charge in [-0.2, -0.15) is 0 Å². The number of benzene rings is 2. The first kappa shape index (κ1) is 23.6. The number of H-pyrrole nitrogens is 1. The molecular formula is C26H27N7O2. The average Bonchev–Trinajstić information content (AvgIpc) is 3.29. The highest BCUT2D eigenvalue weighted by Crippen LogP contribution is 2.25. The fraction of sp³-hybridized carbons (Fsp3) is 0.192. The van der Waals surface area contributed by atoms with Gasteiger partial charge in [0.2, 0.25) is 0 Å². The summed E-state index contributed by atoms with van der Waals surface area (Å²) in [4.78, 5) is 38.7. The Hall–Kier alpha value is -4.53. The van der Waals surface area contributed by atoms with Crippen molar-refractivity contribution in [2.75, 3.05) is 5.32 Å². The van der Waals surface area contributed by atoms with Gasteiger partial charge in [0.05, 0.1) is 34.1 Å². The number of aromatic amines is 1. The lowest BCUT2D eigenvalue weighted by atomic mass is 10.1. The van der Waals surface area contributed by atoms with Crippen LogP contribution in [0.3, 0.4) is 0 Å². The number of amides is 1. The number of aryl methyl sites for hydroxylation is 1. The number of carbonyl (C=O) groups excluding carboxylic acids is 1. The zero-order valence-corrected chi connectivity index (χ0v) is 20.0. The first-order valence-corrected chi connectivity index (χ1v) is 11.1. The molecule has 1 amide bonds. The number of carbonyl (C=O) groups is 1. The third kappa shape index (κ3) is 5.19. The van der Waals surface area contributed by atoms with Crippen LogP contribution in [0.15, 0.2) is 71.9 Å². The molecule has 0 bridgehead atoms. The van der Waals surface area contributed by atoms with Gasteiger partial charge in [0, 0.05) is 11.7 Å². The first-order chi connectivity index (χ1) is 16.6. The Labute approximate surface area is 202 Å². The second-order valence-electron chi connectivity index (χ2n) is 9.05. The number of para-hydroxylation sites is 2. The van der Waals surface area contributed by atoms with Gasteiger partial charge in [-0.25, -0.2) is 15.0 Å². The van der Waals surface area contributed by atoms with Gasteiger partial charge in [0.25, 0.3) is 11.5 Å². The van der Waals surface area contributed by atoms with Crippen molar-refractivity contribution >= 4 is 33.7 Å². The molecule has 0 aliphatic heterocycles. The third-order valence-electron chi connectivity index (χ3n) is 5.15. The minimum atomic E-state index is -0.481. The van der Waals surface area contributed by atoms with Gasteiger partial charge >= 0.3 is 0 Å². The zero-order chi connectivity index (χ0) is 25.2. The smallest absolute Gasteiger partial charge is 0.265 e. The molecule has 0 fully saturated rings. The van der Waals surface area contributed by atoms with E-state index in [1.807, 2.05) is 43.3 Å². The Morgan fingerprint density at radius 3 is 2.46 bits per heavy atom. The lowest BCUT2D eigenvalue weighted by Gasteiger charge is -2.22. The van der Waals surface area contributed by atoms with Gasteiger partial charge in [-0.1, -0.05) is 18.2 Å². The summed E-state index contributed by atoms with van der Waals surface area (Å²) in [5.74, 6) is 0.250. The van der Waals surface area contributed by atoms with Gasteiger partial charge in [-0.3, -0.25) is 9.59 Å². The number of hydrogen-bond donors (Lipinski definition) is 3. The van der Waals surface area contributed by atoms with E-state index in [0.29, 0.717) is 16.6 Å². The van der Waals surface area contributed by atoms with Crippen LogP contribution in [0, 0.1) is 6.92 Å². The highest BCUT2D eigenvalue weighted by atomic mass is 16.1. The topological polar surface area (TPSA) is 132 Å². The highest BCUT2D eigenvalue weighted by Gasteiger charge is 2.17. The van der Waals surface area contributed by atoms with Crippen molar-refractivity contribution in [1.82, 2.24) is 24.5 Å². The summed E-state index contributed by atoms with van der Waals surface area (Å²) in [5, 5.41) is 4.01. The van der Waals surface area contributed by atoms with Gasteiger partial charge in [-0.15, -0.1) is 0 Å². The minimum Gasteiger partial charge on any atom is -0.364 e. The fourth-order valence-corrected chi connectivity index (χ4v) is 3.63. The number of aromatic nitrogens is 5. The van der Waals surface area contributed by atoms with E-state index in [1.165, 1.54) is 6.33 Å². The average molecular weight is 470 g/mol. The molecule has 3 heterocycles. The molecule has 0 saturated carbocycles. The summed E-state index contributed by atoms with van der Waals surface area (Å²) in [6.07, 6.45) is 3.21. The molecule has 0 saturated heterocycles. The van der Waals surface area contributed by atoms with Crippen LogP contribution in [0.1, 0.15) is 37.0 Å². The normalized spacial score (nSPS) is 11.2. The van der Waals surface area contributed by atoms with Crippen LogP contribution in [-0.4, -0.2) is 35.9 Å². The van der Waals surface area contributed by atoms with Crippen LogP contribution < -0.4 is 16.6 Å². The Morgan fingerprint density at radius 1 is 1.00 bits per heavy atom. The van der Waals surface area contributed by atoms with E-state index in [9.17, 15) is 9.59 Å². The minimum absolute atomic E-state index is 0.0874. The number of nitrogens with two attached hydrogens (primary N) is 1. The first-order valence-electron chi connectivity index (χ1n) is 11.1. The van der Waals surface area contributed by atoms with Crippen LogP contribution in [0.5, 0.6) is 0 Å². The molecule has 2 aromatic carbocycles. The van der Waals surface area contributed by atoms with Crippen molar-refractivity contribution in [2.24, 2.45) is 5.73 Å². The second-order valence-corrected chi connectivity index (χ2v) is 9.05. The van der Waals surface area contributed by atoms with Gasteiger partial charge in [-0.05, 0) is 64.1 Å². The third-order valence-corrected chi connectivity index (χ3v) is 5.15. The number of hydrogen-bond acceptors (Lipinski definition) is 6. The van der Waals surface area contributed by atoms with Gasteiger partial charge < -0.3 is 20.6 Å². The molecule has 0 aliphatic rings. The molecule has 9 heteroatoms. The molecule has 0 unspecified atom stereocenters. The SMILES string of the molecule is Cc1nc2cccc(-n3cccc3C(N)=O)c2nc1NC(C)(C)C.O=c1[nH]cnc2ccccc12. The zero-order valence-electron chi connectivity index (χ0n) is 20.0. The second kappa shape index (κ2) is 9.38. The molecule has 178 valence electrons. The molecule has 5 rings (SSSR count). The van der Waals surface area contributed by atoms with Crippen LogP contribution >= 0.6 is 0 Å². The van der Waals surface area contributed by atoms with Crippen LogP contribution in [0.4, 0.5) is 5.82 Å². The van der Waals surface area contributed by atoms with E-state index in [2.05, 4.69) is 41.0 Å². The maximum absolute atomic E-state index is 11.7. The van der Waals surface area contributed by atoms with E-state index in [0.717, 1.165) is 28.2 Å². The van der Waals surface area contributed by atoms with E-state index in [-0.39, 0.29) is 11.1 Å². The quantitative estimate of drug-likeness (QED) is 0.366. The van der Waals surface area contributed by atoms with E-state index < -0.39 is 5.91 Å². The van der Waals surface area contributed by atoms with Crippen molar-refractivity contribution in [3.63, 3.8) is 0 Å². The Morgan fingerprint density at radius 2 is 1.74 bits per heavy atom. The molecule has 3 aromatic heterocycles. The molecule has 35 heavy (non-hydrogen) atoms. The number of anilines is 1. The van der Waals surface area contributed by atoms with Crippen LogP contribution in [-0.2, 0) is 0 Å². The van der Waals surface area contributed by atoms with Crippen LogP contribution in [0.2, 0.25) is 0 Å². The summed E-state index contributed by atoms with van der Waals surface area (Å²) in [7, 11) is 0. The van der Waals surface area contributed by atoms with Gasteiger partial charge in [0.1, 0.15) is 17.0 Å². The molecule has 0 spiro atoms. The van der Waals surface area contributed by atoms with Crippen molar-refractivity contribution in [3.05, 3.63) is 88.9 Å². The van der Waals surface area contributed by atoms with Crippen molar-refractivity contribution < 1.29 is 4.79 Å². The monoisotopic (exact) mass is 469 g/mol. The number of fused-ring (bicyclic) bond motifs is 2. The Kier molecular flexibility index (Phi) is 6.33. The Balaban J connectivity index is 0.000000218. The maximum Gasteiger partial charge on any atom is 0.265 e. The molecular weight excluding hydrogens is 442 g/mol. The predicted molar refractivity (Wildman–Crippen MR) is 138 cm³/mol. The largest absolute Gasteiger partial charge is 0.364 e. The summed E-state index contributed by atoms with van der Waals surface area (Å²) in [5.41, 5.74) is 9.49. The molecule has 0 aliphatic carbocycles. The van der Waals surface area contributed by atoms with Crippen molar-refractivity contribution in [2.45, 2.75) is 33.2 Å². The van der Waals surface area contributed by atoms with Crippen molar-refractivity contribution in [1.29, 1.82) is 0 Å². The maximum atomic E-state index is 11.7. The van der Waals surface area contributed by atoms with E-state index in [1.54, 1.807) is 29.0 Å². The lowest BCUT2D eigenvalue weighted by molar-refractivity contribution is 0.0994. The Bertz CT molecular complexity index is 1570. The number of nitrogens with one attached hydrogen (secondary N) is 2. The summed E-state index contributed by atoms with van der Waals surface area (Å²) in [6, 6.07) is 16.4. The highest BCUT2D eigenvalue weighted by molar-refractivity contribution is 5.93. The molecule has 0 radical (unpaired) electrons. The van der Waals surface area contributed by atoms with E-state index >= 15 is 0 Å². The number of nitrogens with zero attached hydrogens (tertiary/aromatic N) is 4. The number of rotatable bonds is 3. The number of primary amides is 1. The standard InChI is InChI=1S/C18H21N5O.C8H6N2O/c1-11-17(22-18(2,3)4)21-15-12(20-11)7-5-8-13(15)23-10-6-9-14(23)16(19)24;11-8-6-3-1-2-4-7(6)9-5-10-8/h5-10H,1-4H3,(H2,19,24)(H,21,22);1-5H,(H,9,10,11). The van der Waals surface area contributed by atoms with Crippen LogP contribution in [0.25, 0.3) is 27.6 Å². The lowest BCUT2D eigenvalue weighted by Crippen LogP contribution is -2.27. The molecule has 9 nitrogen and oxygen atoms in total. The molecule has 5 aromatic rings. The summed E-state index contributed by atoms with van der Waals surface area (Å²) in [6.45, 7) is 8.14. The fourth-order valence-electron chi connectivity index (χ4n) is 3.63. The van der Waals surface area contributed by atoms with Gasteiger partial charge in [0.15, 0.2) is 0 Å². The molecule has 0 atom stereocenters.